The lowest BCUT2D eigenvalue weighted by atomic mass is 10.1. The van der Waals surface area contributed by atoms with Crippen LogP contribution in [0.5, 0.6) is 0 Å². The van der Waals surface area contributed by atoms with Gasteiger partial charge < -0.3 is 5.32 Å². The summed E-state index contributed by atoms with van der Waals surface area (Å²) in [5.74, 6) is -0.108. The molecule has 102 valence electrons. The van der Waals surface area contributed by atoms with E-state index < -0.39 is 0 Å². The highest BCUT2D eigenvalue weighted by Gasteiger charge is 2.12. The van der Waals surface area contributed by atoms with E-state index in [0.717, 1.165) is 5.56 Å². The summed E-state index contributed by atoms with van der Waals surface area (Å²) in [6.07, 6.45) is 1.35. The standard InChI is InChI=1S/C13H12ClN5O/c1-9(10-2-4-11(14)5-3-10)17-13(20)7-19-8-16-18-12(19)6-15/h2-5,8-9H,7H2,1H3,(H,17,20). The topological polar surface area (TPSA) is 83.6 Å². The van der Waals surface area contributed by atoms with Gasteiger partial charge in [0.1, 0.15) is 18.9 Å². The summed E-state index contributed by atoms with van der Waals surface area (Å²) in [6, 6.07) is 8.97. The number of rotatable bonds is 4. The molecule has 1 aromatic heterocycles. The molecule has 1 aromatic carbocycles. The zero-order valence-corrected chi connectivity index (χ0v) is 11.5. The Morgan fingerprint density at radius 1 is 1.50 bits per heavy atom. The van der Waals surface area contributed by atoms with Crippen LogP contribution in [0.25, 0.3) is 0 Å². The SMILES string of the molecule is CC(NC(=O)Cn1cnnc1C#N)c1ccc(Cl)cc1. The maximum atomic E-state index is 11.9. The van der Waals surface area contributed by atoms with E-state index >= 15 is 0 Å². The maximum absolute atomic E-state index is 11.9. The van der Waals surface area contributed by atoms with Gasteiger partial charge in [0.25, 0.3) is 0 Å². The van der Waals surface area contributed by atoms with Crippen molar-refractivity contribution in [2.24, 2.45) is 0 Å². The minimum atomic E-state index is -0.219. The first-order valence-electron chi connectivity index (χ1n) is 5.93. The lowest BCUT2D eigenvalue weighted by molar-refractivity contribution is -0.122. The van der Waals surface area contributed by atoms with Gasteiger partial charge in [-0.1, -0.05) is 23.7 Å². The minimum absolute atomic E-state index is 0.00776. The number of nitrogens with one attached hydrogen (secondary N) is 1. The van der Waals surface area contributed by atoms with Crippen molar-refractivity contribution in [2.75, 3.05) is 0 Å². The molecule has 0 spiro atoms. The maximum Gasteiger partial charge on any atom is 0.240 e. The van der Waals surface area contributed by atoms with Gasteiger partial charge in [-0.3, -0.25) is 9.36 Å². The highest BCUT2D eigenvalue weighted by Crippen LogP contribution is 2.15. The fraction of sp³-hybridized carbons (Fsp3) is 0.231. The molecule has 0 bridgehead atoms. The normalized spacial score (nSPS) is 11.7. The summed E-state index contributed by atoms with van der Waals surface area (Å²) in [7, 11) is 0. The Labute approximate surface area is 121 Å². The van der Waals surface area contributed by atoms with Crippen LogP contribution < -0.4 is 5.32 Å². The van der Waals surface area contributed by atoms with E-state index in [1.165, 1.54) is 10.9 Å². The summed E-state index contributed by atoms with van der Waals surface area (Å²) in [5.41, 5.74) is 0.951. The summed E-state index contributed by atoms with van der Waals surface area (Å²) < 4.78 is 1.39. The van der Waals surface area contributed by atoms with Crippen LogP contribution in [-0.2, 0) is 11.3 Å². The molecule has 7 heteroatoms. The van der Waals surface area contributed by atoms with Gasteiger partial charge in [0.2, 0.25) is 11.7 Å². The van der Waals surface area contributed by atoms with Gasteiger partial charge in [0.15, 0.2) is 0 Å². The second kappa shape index (κ2) is 6.17. The van der Waals surface area contributed by atoms with E-state index in [4.69, 9.17) is 16.9 Å². The van der Waals surface area contributed by atoms with Crippen molar-refractivity contribution in [1.82, 2.24) is 20.1 Å². The van der Waals surface area contributed by atoms with Crippen LogP contribution in [0.15, 0.2) is 30.6 Å². The molecule has 0 aliphatic carbocycles. The molecule has 0 fully saturated rings. The van der Waals surface area contributed by atoms with Gasteiger partial charge in [0.05, 0.1) is 6.04 Å². The quantitative estimate of drug-likeness (QED) is 0.928. The van der Waals surface area contributed by atoms with Gasteiger partial charge in [-0.05, 0) is 24.6 Å². The molecule has 2 rings (SSSR count). The van der Waals surface area contributed by atoms with Crippen molar-refractivity contribution >= 4 is 17.5 Å². The van der Waals surface area contributed by atoms with Crippen molar-refractivity contribution in [1.29, 1.82) is 5.26 Å². The molecule has 0 saturated carbocycles. The molecule has 1 atom stereocenters. The minimum Gasteiger partial charge on any atom is -0.348 e. The van der Waals surface area contributed by atoms with Crippen LogP contribution in [0, 0.1) is 11.3 Å². The molecule has 0 radical (unpaired) electrons. The Morgan fingerprint density at radius 3 is 2.85 bits per heavy atom. The van der Waals surface area contributed by atoms with Crippen LogP contribution >= 0.6 is 11.6 Å². The van der Waals surface area contributed by atoms with E-state index in [9.17, 15) is 4.79 Å². The van der Waals surface area contributed by atoms with Gasteiger partial charge >= 0.3 is 0 Å². The molecular weight excluding hydrogens is 278 g/mol. The Bertz CT molecular complexity index is 644. The number of nitrogens with zero attached hydrogens (tertiary/aromatic N) is 4. The molecule has 0 saturated heterocycles. The van der Waals surface area contributed by atoms with Crippen LogP contribution in [0.2, 0.25) is 5.02 Å². The van der Waals surface area contributed by atoms with Crippen molar-refractivity contribution in [3.63, 3.8) is 0 Å². The van der Waals surface area contributed by atoms with Crippen molar-refractivity contribution < 1.29 is 4.79 Å². The van der Waals surface area contributed by atoms with Crippen LogP contribution in [0.3, 0.4) is 0 Å². The molecule has 0 aliphatic rings. The number of hydrogen-bond acceptors (Lipinski definition) is 4. The van der Waals surface area contributed by atoms with Gasteiger partial charge in [-0.25, -0.2) is 0 Å². The van der Waals surface area contributed by atoms with E-state index in [2.05, 4.69) is 15.5 Å². The second-order valence-electron chi connectivity index (χ2n) is 4.24. The van der Waals surface area contributed by atoms with Gasteiger partial charge in [0, 0.05) is 5.02 Å². The number of carbonyl (C=O) groups excluding carboxylic acids is 1. The Kier molecular flexibility index (Phi) is 4.33. The summed E-state index contributed by atoms with van der Waals surface area (Å²) in [6.45, 7) is 1.88. The third kappa shape index (κ3) is 3.33. The predicted molar refractivity (Wildman–Crippen MR) is 72.7 cm³/mol. The van der Waals surface area contributed by atoms with E-state index in [-0.39, 0.29) is 24.3 Å². The molecule has 2 aromatic rings. The molecule has 6 nitrogen and oxygen atoms in total. The molecule has 1 amide bonds. The average Bonchev–Trinajstić information content (AvgIpc) is 2.86. The fourth-order valence-electron chi connectivity index (χ4n) is 1.73. The highest BCUT2D eigenvalue weighted by atomic mass is 35.5. The monoisotopic (exact) mass is 289 g/mol. The zero-order chi connectivity index (χ0) is 14.5. The van der Waals surface area contributed by atoms with Crippen molar-refractivity contribution in [3.05, 3.63) is 47.0 Å². The number of halogens is 1. The predicted octanol–water partition coefficient (Wildman–Crippen LogP) is 1.68. The third-order valence-electron chi connectivity index (χ3n) is 2.78. The number of hydrogen-bond donors (Lipinski definition) is 1. The molecule has 1 heterocycles. The van der Waals surface area contributed by atoms with Gasteiger partial charge in [-0.2, -0.15) is 5.26 Å². The molecule has 0 aliphatic heterocycles. The molecule has 1 unspecified atom stereocenters. The smallest absolute Gasteiger partial charge is 0.240 e. The Morgan fingerprint density at radius 2 is 2.20 bits per heavy atom. The molecule has 1 N–H and O–H groups in total. The van der Waals surface area contributed by atoms with Crippen molar-refractivity contribution in [2.45, 2.75) is 19.5 Å². The van der Waals surface area contributed by atoms with Gasteiger partial charge in [-0.15, -0.1) is 10.2 Å². The highest BCUT2D eigenvalue weighted by molar-refractivity contribution is 6.30. The first-order valence-corrected chi connectivity index (χ1v) is 6.30. The number of benzene rings is 1. The lowest BCUT2D eigenvalue weighted by Gasteiger charge is -2.14. The largest absolute Gasteiger partial charge is 0.348 e. The van der Waals surface area contributed by atoms with Crippen molar-refractivity contribution in [3.8, 4) is 6.07 Å². The summed E-state index contributed by atoms with van der Waals surface area (Å²) in [4.78, 5) is 11.9. The average molecular weight is 290 g/mol. The molecular formula is C13H12ClN5O. The molecule has 20 heavy (non-hydrogen) atoms. The fourth-order valence-corrected chi connectivity index (χ4v) is 1.86. The van der Waals surface area contributed by atoms with E-state index in [1.807, 2.05) is 25.1 Å². The Hall–Kier alpha value is -2.39. The number of amides is 1. The zero-order valence-electron chi connectivity index (χ0n) is 10.7. The van der Waals surface area contributed by atoms with E-state index in [1.54, 1.807) is 12.1 Å². The van der Waals surface area contributed by atoms with E-state index in [0.29, 0.717) is 5.02 Å². The van der Waals surface area contributed by atoms with Crippen LogP contribution in [-0.4, -0.2) is 20.7 Å². The third-order valence-corrected chi connectivity index (χ3v) is 3.03. The lowest BCUT2D eigenvalue weighted by Crippen LogP contribution is -2.30. The first kappa shape index (κ1) is 14.0. The summed E-state index contributed by atoms with van der Waals surface area (Å²) >= 11 is 5.82. The van der Waals surface area contributed by atoms with Crippen LogP contribution in [0.4, 0.5) is 0 Å². The first-order chi connectivity index (χ1) is 9.60. The second-order valence-corrected chi connectivity index (χ2v) is 4.67. The van der Waals surface area contributed by atoms with Crippen LogP contribution in [0.1, 0.15) is 24.4 Å². The Balaban J connectivity index is 1.98. The summed E-state index contributed by atoms with van der Waals surface area (Å²) in [5, 5.41) is 19.5. The number of nitriles is 1. The number of aromatic nitrogens is 3. The number of carbonyl (C=O) groups is 1.